The van der Waals surface area contributed by atoms with E-state index in [0.717, 1.165) is 42.0 Å². The largest absolute Gasteiger partial charge is 0.494 e. The van der Waals surface area contributed by atoms with Crippen molar-refractivity contribution in [1.29, 1.82) is 0 Å². The van der Waals surface area contributed by atoms with E-state index < -0.39 is 0 Å². The van der Waals surface area contributed by atoms with Gasteiger partial charge in [0.15, 0.2) is 5.82 Å². The summed E-state index contributed by atoms with van der Waals surface area (Å²) in [7, 11) is 0. The molecule has 4 nitrogen and oxygen atoms in total. The number of hydrogen-bond donors (Lipinski definition) is 0. The predicted octanol–water partition coefficient (Wildman–Crippen LogP) is 8.46. The van der Waals surface area contributed by atoms with E-state index in [9.17, 15) is 0 Å². The van der Waals surface area contributed by atoms with Crippen LogP contribution in [0.2, 0.25) is 0 Å². The fraction of sp³-hybridized carbons (Fsp3) is 0.500. The third kappa shape index (κ3) is 8.89. The maximum Gasteiger partial charge on any atom is 0.178 e. The molecule has 4 heteroatoms. The number of rotatable bonds is 16. The quantitative estimate of drug-likeness (QED) is 0.202. The third-order valence-corrected chi connectivity index (χ3v) is 6.23. The first-order valence-corrected chi connectivity index (χ1v) is 13.3. The van der Waals surface area contributed by atoms with Crippen LogP contribution < -0.4 is 4.74 Å². The van der Waals surface area contributed by atoms with Gasteiger partial charge in [0.2, 0.25) is 0 Å². The number of nitrogens with zero attached hydrogens (tertiary/aromatic N) is 3. The Morgan fingerprint density at radius 1 is 0.588 bits per heavy atom. The molecule has 0 amide bonds. The number of pyridine rings is 1. The van der Waals surface area contributed by atoms with E-state index in [-0.39, 0.29) is 0 Å². The van der Waals surface area contributed by atoms with Crippen LogP contribution in [0.5, 0.6) is 5.75 Å². The first kappa shape index (κ1) is 25.9. The van der Waals surface area contributed by atoms with Gasteiger partial charge in [-0.3, -0.25) is 4.98 Å². The van der Waals surface area contributed by atoms with Gasteiger partial charge in [0.1, 0.15) is 11.4 Å². The molecular weight excluding hydrogens is 418 g/mol. The molecule has 0 aliphatic carbocycles. The summed E-state index contributed by atoms with van der Waals surface area (Å²) in [4.78, 5) is 13.7. The molecule has 2 aromatic heterocycles. The van der Waals surface area contributed by atoms with E-state index in [2.05, 4.69) is 47.0 Å². The Morgan fingerprint density at radius 2 is 1.24 bits per heavy atom. The number of aryl methyl sites for hydroxylation is 1. The van der Waals surface area contributed by atoms with Crippen LogP contribution in [0.4, 0.5) is 0 Å². The Balaban J connectivity index is 1.45. The van der Waals surface area contributed by atoms with Crippen molar-refractivity contribution >= 4 is 0 Å². The highest BCUT2D eigenvalue weighted by Crippen LogP contribution is 2.23. The molecule has 182 valence electrons. The normalized spacial score (nSPS) is 11.0. The SMILES string of the molecule is CCCCCCCCCc1ccc(-c2ncc(-c3ccc(OCCCCCC)cc3)cn2)nc1. The monoisotopic (exact) mass is 459 g/mol. The van der Waals surface area contributed by atoms with Crippen molar-refractivity contribution < 1.29 is 4.74 Å². The lowest BCUT2D eigenvalue weighted by atomic mass is 10.1. The van der Waals surface area contributed by atoms with Crippen molar-refractivity contribution in [3.05, 3.63) is 60.6 Å². The van der Waals surface area contributed by atoms with Crippen molar-refractivity contribution in [2.45, 2.75) is 90.9 Å². The standard InChI is InChI=1S/C30H41N3O/c1-3-5-7-9-10-11-12-14-25-15-20-29(31-22-25)30-32-23-27(24-33-30)26-16-18-28(19-17-26)34-21-13-8-6-4-2/h15-20,22-24H,3-14,21H2,1-2H3. The Morgan fingerprint density at radius 3 is 1.88 bits per heavy atom. The van der Waals surface area contributed by atoms with Gasteiger partial charge in [-0.05, 0) is 48.6 Å². The van der Waals surface area contributed by atoms with E-state index >= 15 is 0 Å². The lowest BCUT2D eigenvalue weighted by Crippen LogP contribution is -1.97. The minimum atomic E-state index is 0.665. The van der Waals surface area contributed by atoms with Crippen LogP contribution in [0.15, 0.2) is 55.0 Å². The molecule has 0 fully saturated rings. The van der Waals surface area contributed by atoms with Crippen LogP contribution in [0.25, 0.3) is 22.6 Å². The highest BCUT2D eigenvalue weighted by Gasteiger charge is 2.06. The third-order valence-electron chi connectivity index (χ3n) is 6.23. The molecule has 3 rings (SSSR count). The van der Waals surface area contributed by atoms with Crippen LogP contribution in [-0.2, 0) is 6.42 Å². The van der Waals surface area contributed by atoms with Gasteiger partial charge in [-0.1, -0.05) is 89.8 Å². The molecule has 0 N–H and O–H groups in total. The van der Waals surface area contributed by atoms with Crippen LogP contribution in [0, 0.1) is 0 Å². The highest BCUT2D eigenvalue weighted by molar-refractivity contribution is 5.63. The van der Waals surface area contributed by atoms with Gasteiger partial charge in [0.25, 0.3) is 0 Å². The summed E-state index contributed by atoms with van der Waals surface area (Å²) in [6, 6.07) is 12.4. The Labute approximate surface area is 206 Å². The molecule has 2 heterocycles. The van der Waals surface area contributed by atoms with Crippen molar-refractivity contribution in [1.82, 2.24) is 15.0 Å². The van der Waals surface area contributed by atoms with Crippen LogP contribution >= 0.6 is 0 Å². The predicted molar refractivity (Wildman–Crippen MR) is 142 cm³/mol. The van der Waals surface area contributed by atoms with Gasteiger partial charge in [-0.25, -0.2) is 9.97 Å². The molecule has 3 aromatic rings. The second-order valence-electron chi connectivity index (χ2n) is 9.15. The second kappa shape index (κ2) is 15.2. The fourth-order valence-electron chi connectivity index (χ4n) is 4.06. The molecule has 0 saturated heterocycles. The Hall–Kier alpha value is -2.75. The van der Waals surface area contributed by atoms with Gasteiger partial charge in [0.05, 0.1) is 6.61 Å². The molecular formula is C30H41N3O. The lowest BCUT2D eigenvalue weighted by molar-refractivity contribution is 0.305. The first-order valence-electron chi connectivity index (χ1n) is 13.3. The Kier molecular flexibility index (Phi) is 11.6. The molecule has 34 heavy (non-hydrogen) atoms. The summed E-state index contributed by atoms with van der Waals surface area (Å²) in [5, 5.41) is 0. The summed E-state index contributed by atoms with van der Waals surface area (Å²) >= 11 is 0. The smallest absolute Gasteiger partial charge is 0.178 e. The van der Waals surface area contributed by atoms with E-state index in [1.807, 2.05) is 36.8 Å². The van der Waals surface area contributed by atoms with Crippen molar-refractivity contribution in [3.63, 3.8) is 0 Å². The van der Waals surface area contributed by atoms with Gasteiger partial charge in [0, 0.05) is 24.2 Å². The molecule has 1 aromatic carbocycles. The number of unbranched alkanes of at least 4 members (excludes halogenated alkanes) is 9. The summed E-state index contributed by atoms with van der Waals surface area (Å²) in [5.74, 6) is 1.58. The van der Waals surface area contributed by atoms with Gasteiger partial charge in [-0.15, -0.1) is 0 Å². The number of benzene rings is 1. The van der Waals surface area contributed by atoms with Gasteiger partial charge >= 0.3 is 0 Å². The molecule has 0 saturated carbocycles. The van der Waals surface area contributed by atoms with E-state index in [0.29, 0.717) is 5.82 Å². The molecule has 0 spiro atoms. The summed E-state index contributed by atoms with van der Waals surface area (Å²) < 4.78 is 5.84. The second-order valence-corrected chi connectivity index (χ2v) is 9.15. The molecule has 0 aliphatic heterocycles. The summed E-state index contributed by atoms with van der Waals surface area (Å²) in [5.41, 5.74) is 4.19. The van der Waals surface area contributed by atoms with Crippen LogP contribution in [-0.4, -0.2) is 21.6 Å². The summed E-state index contributed by atoms with van der Waals surface area (Å²) in [6.07, 6.45) is 21.0. The van der Waals surface area contributed by atoms with E-state index in [4.69, 9.17) is 4.74 Å². The molecule has 0 bridgehead atoms. The Bertz CT molecular complexity index is 921. The van der Waals surface area contributed by atoms with Crippen molar-refractivity contribution in [2.75, 3.05) is 6.61 Å². The van der Waals surface area contributed by atoms with Crippen LogP contribution in [0.1, 0.15) is 90.0 Å². The van der Waals surface area contributed by atoms with Crippen molar-refractivity contribution in [3.8, 4) is 28.4 Å². The molecule has 0 aliphatic rings. The van der Waals surface area contributed by atoms with Gasteiger partial charge in [-0.2, -0.15) is 0 Å². The molecule has 0 radical (unpaired) electrons. The zero-order chi connectivity index (χ0) is 23.8. The zero-order valence-electron chi connectivity index (χ0n) is 21.1. The first-order chi connectivity index (χ1) is 16.8. The average molecular weight is 460 g/mol. The maximum atomic E-state index is 5.84. The number of ether oxygens (including phenoxy) is 1. The number of aromatic nitrogens is 3. The average Bonchev–Trinajstić information content (AvgIpc) is 2.89. The minimum absolute atomic E-state index is 0.665. The highest BCUT2D eigenvalue weighted by atomic mass is 16.5. The van der Waals surface area contributed by atoms with E-state index in [1.165, 1.54) is 69.8 Å². The maximum absolute atomic E-state index is 5.84. The van der Waals surface area contributed by atoms with Gasteiger partial charge < -0.3 is 4.74 Å². The summed E-state index contributed by atoms with van der Waals surface area (Å²) in [6.45, 7) is 5.27. The molecule has 0 unspecified atom stereocenters. The number of hydrogen-bond acceptors (Lipinski definition) is 4. The lowest BCUT2D eigenvalue weighted by Gasteiger charge is -2.08. The zero-order valence-corrected chi connectivity index (χ0v) is 21.1. The van der Waals surface area contributed by atoms with Crippen LogP contribution in [0.3, 0.4) is 0 Å². The minimum Gasteiger partial charge on any atom is -0.494 e. The molecule has 0 atom stereocenters. The van der Waals surface area contributed by atoms with E-state index in [1.54, 1.807) is 0 Å². The van der Waals surface area contributed by atoms with Crippen molar-refractivity contribution in [2.24, 2.45) is 0 Å². The topological polar surface area (TPSA) is 47.9 Å². The fourth-order valence-corrected chi connectivity index (χ4v) is 4.06.